The normalized spacial score (nSPS) is 21.0. The van der Waals surface area contributed by atoms with Crippen LogP contribution in [0.4, 0.5) is 13.2 Å². The number of aromatic hydroxyl groups is 1. The lowest BCUT2D eigenvalue weighted by Crippen LogP contribution is -2.16. The molecule has 2 aromatic carbocycles. The quantitative estimate of drug-likeness (QED) is 0.485. The highest BCUT2D eigenvalue weighted by Crippen LogP contribution is 2.53. The zero-order chi connectivity index (χ0) is 19.1. The van der Waals surface area contributed by atoms with Crippen molar-refractivity contribution in [3.05, 3.63) is 53.4 Å². The molecule has 4 rings (SSSR count). The number of hydrogen-bond donors (Lipinski definition) is 1. The van der Waals surface area contributed by atoms with Gasteiger partial charge in [0.25, 0.3) is 0 Å². The zero-order valence-electron chi connectivity index (χ0n) is 15.4. The first kappa shape index (κ1) is 18.1. The summed E-state index contributed by atoms with van der Waals surface area (Å²) in [6.45, 7) is 2.03. The van der Waals surface area contributed by atoms with Gasteiger partial charge in [0, 0.05) is 11.1 Å². The Bertz CT molecular complexity index is 909. The molecule has 2 aliphatic carbocycles. The fraction of sp³-hybridized carbons (Fsp3) is 0.391. The molecule has 0 heterocycles. The molecule has 0 radical (unpaired) electrons. The van der Waals surface area contributed by atoms with Crippen molar-refractivity contribution in [2.75, 3.05) is 0 Å². The van der Waals surface area contributed by atoms with Gasteiger partial charge in [-0.15, -0.1) is 0 Å². The summed E-state index contributed by atoms with van der Waals surface area (Å²) < 4.78 is 43.1. The molecule has 142 valence electrons. The maximum atomic E-state index is 15.2. The van der Waals surface area contributed by atoms with E-state index >= 15 is 4.39 Å². The van der Waals surface area contributed by atoms with Crippen molar-refractivity contribution in [2.24, 2.45) is 5.92 Å². The maximum absolute atomic E-state index is 15.2. The predicted octanol–water partition coefficient (Wildman–Crippen LogP) is 7.09. The highest BCUT2D eigenvalue weighted by Gasteiger charge is 2.35. The SMILES string of the molecule is C/C=C/CCC1CCC(c2ccc3c(c2F)-c2c-3cc(O)c(F)c2F)CC1. The first-order valence-electron chi connectivity index (χ1n) is 9.68. The molecule has 0 unspecified atom stereocenters. The lowest BCUT2D eigenvalue weighted by Gasteiger charge is -2.32. The Morgan fingerprint density at radius 3 is 2.37 bits per heavy atom. The Kier molecular flexibility index (Phi) is 4.75. The second kappa shape index (κ2) is 7.06. The van der Waals surface area contributed by atoms with Crippen molar-refractivity contribution in [1.82, 2.24) is 0 Å². The summed E-state index contributed by atoms with van der Waals surface area (Å²) in [6.07, 6.45) is 10.5. The first-order chi connectivity index (χ1) is 13.0. The summed E-state index contributed by atoms with van der Waals surface area (Å²) >= 11 is 0. The molecule has 2 aliphatic rings. The molecule has 0 saturated heterocycles. The highest BCUT2D eigenvalue weighted by atomic mass is 19.2. The van der Waals surface area contributed by atoms with Crippen LogP contribution in [0.2, 0.25) is 0 Å². The van der Waals surface area contributed by atoms with Crippen LogP contribution in [0.1, 0.15) is 56.9 Å². The summed E-state index contributed by atoms with van der Waals surface area (Å²) in [5, 5.41) is 9.48. The minimum absolute atomic E-state index is 0.0420. The van der Waals surface area contributed by atoms with E-state index in [0.717, 1.165) is 32.1 Å². The number of hydrogen-bond acceptors (Lipinski definition) is 1. The number of benzene rings is 2. The standard InChI is InChI=1S/C23H23F3O/c1-2-3-4-5-13-6-8-14(9-7-13)15-10-11-16-17-12-18(27)22(25)23(26)20(17)19(16)21(15)24/h2-3,10-14,27H,4-9H2,1H3/b3-2+. The van der Waals surface area contributed by atoms with Crippen molar-refractivity contribution < 1.29 is 18.3 Å². The van der Waals surface area contributed by atoms with Gasteiger partial charge in [-0.2, -0.15) is 4.39 Å². The van der Waals surface area contributed by atoms with E-state index in [1.165, 1.54) is 12.5 Å². The fourth-order valence-corrected chi connectivity index (χ4v) is 4.64. The van der Waals surface area contributed by atoms with E-state index in [2.05, 4.69) is 12.2 Å². The summed E-state index contributed by atoms with van der Waals surface area (Å²) in [5.41, 5.74) is 1.65. The molecule has 2 aromatic rings. The van der Waals surface area contributed by atoms with E-state index in [1.807, 2.05) is 6.92 Å². The van der Waals surface area contributed by atoms with Crippen LogP contribution < -0.4 is 0 Å². The summed E-state index contributed by atoms with van der Waals surface area (Å²) in [4.78, 5) is 0. The van der Waals surface area contributed by atoms with Gasteiger partial charge in [-0.3, -0.25) is 0 Å². The minimum Gasteiger partial charge on any atom is -0.505 e. The monoisotopic (exact) mass is 372 g/mol. The molecular weight excluding hydrogens is 349 g/mol. The first-order valence-corrected chi connectivity index (χ1v) is 9.68. The van der Waals surface area contributed by atoms with Crippen molar-refractivity contribution in [3.8, 4) is 28.0 Å². The predicted molar refractivity (Wildman–Crippen MR) is 101 cm³/mol. The molecule has 27 heavy (non-hydrogen) atoms. The van der Waals surface area contributed by atoms with Gasteiger partial charge in [0.05, 0.1) is 0 Å². The summed E-state index contributed by atoms with van der Waals surface area (Å²) in [5.74, 6) is -2.84. The molecule has 0 spiro atoms. The van der Waals surface area contributed by atoms with Gasteiger partial charge in [-0.05, 0) is 80.0 Å². The molecule has 0 bridgehead atoms. The van der Waals surface area contributed by atoms with E-state index in [4.69, 9.17) is 0 Å². The third-order valence-corrected chi connectivity index (χ3v) is 6.16. The summed E-state index contributed by atoms with van der Waals surface area (Å²) in [6, 6.07) is 4.72. The van der Waals surface area contributed by atoms with Gasteiger partial charge in [0.1, 0.15) is 5.82 Å². The van der Waals surface area contributed by atoms with Crippen LogP contribution in [0.3, 0.4) is 0 Å². The molecule has 0 amide bonds. The van der Waals surface area contributed by atoms with Crippen molar-refractivity contribution >= 4 is 0 Å². The molecule has 0 aliphatic heterocycles. The Morgan fingerprint density at radius 1 is 0.963 bits per heavy atom. The van der Waals surface area contributed by atoms with Crippen LogP contribution in [-0.4, -0.2) is 5.11 Å². The van der Waals surface area contributed by atoms with Gasteiger partial charge in [-0.1, -0.05) is 24.3 Å². The topological polar surface area (TPSA) is 20.2 Å². The van der Waals surface area contributed by atoms with Gasteiger partial charge in [0.15, 0.2) is 11.6 Å². The van der Waals surface area contributed by atoms with Crippen molar-refractivity contribution in [1.29, 1.82) is 0 Å². The van der Waals surface area contributed by atoms with Gasteiger partial charge in [-0.25, -0.2) is 8.78 Å². The van der Waals surface area contributed by atoms with Crippen LogP contribution in [-0.2, 0) is 0 Å². The lowest BCUT2D eigenvalue weighted by atomic mass is 9.73. The highest BCUT2D eigenvalue weighted by molar-refractivity contribution is 6.03. The average molecular weight is 372 g/mol. The molecule has 4 heteroatoms. The number of rotatable bonds is 4. The summed E-state index contributed by atoms with van der Waals surface area (Å²) in [7, 11) is 0. The van der Waals surface area contributed by atoms with E-state index in [1.54, 1.807) is 12.1 Å². The maximum Gasteiger partial charge on any atom is 0.201 e. The third-order valence-electron chi connectivity index (χ3n) is 6.16. The smallest absolute Gasteiger partial charge is 0.201 e. The second-order valence-electron chi connectivity index (χ2n) is 7.70. The minimum atomic E-state index is -1.31. The number of fused-ring (bicyclic) bond motifs is 4. The third kappa shape index (κ3) is 2.95. The van der Waals surface area contributed by atoms with Crippen LogP contribution in [0.5, 0.6) is 5.75 Å². The molecule has 1 N–H and O–H groups in total. The van der Waals surface area contributed by atoms with Crippen molar-refractivity contribution in [2.45, 2.75) is 51.4 Å². The molecule has 1 nitrogen and oxygen atoms in total. The molecular formula is C23H23F3O. The van der Waals surface area contributed by atoms with Gasteiger partial charge >= 0.3 is 0 Å². The van der Waals surface area contributed by atoms with Gasteiger partial charge < -0.3 is 5.11 Å². The molecule has 0 atom stereocenters. The number of allylic oxidation sites excluding steroid dienone is 2. The van der Waals surface area contributed by atoms with Crippen LogP contribution in [0, 0.1) is 23.4 Å². The molecule has 1 saturated carbocycles. The Hall–Kier alpha value is -2.23. The number of halogens is 3. The van der Waals surface area contributed by atoms with E-state index in [9.17, 15) is 13.9 Å². The number of phenols is 1. The van der Waals surface area contributed by atoms with Crippen molar-refractivity contribution in [3.63, 3.8) is 0 Å². The second-order valence-corrected chi connectivity index (χ2v) is 7.70. The van der Waals surface area contributed by atoms with E-state index in [-0.39, 0.29) is 17.0 Å². The van der Waals surface area contributed by atoms with Crippen LogP contribution in [0.15, 0.2) is 30.4 Å². The zero-order valence-corrected chi connectivity index (χ0v) is 15.4. The molecule has 0 aromatic heterocycles. The largest absolute Gasteiger partial charge is 0.505 e. The molecule has 1 fully saturated rings. The Balaban J connectivity index is 1.56. The lowest BCUT2D eigenvalue weighted by molar-refractivity contribution is 0.308. The van der Waals surface area contributed by atoms with Gasteiger partial charge in [0.2, 0.25) is 5.82 Å². The Labute approximate surface area is 157 Å². The van der Waals surface area contributed by atoms with Crippen LogP contribution >= 0.6 is 0 Å². The Morgan fingerprint density at radius 2 is 1.67 bits per heavy atom. The van der Waals surface area contributed by atoms with E-state index < -0.39 is 23.2 Å². The average Bonchev–Trinajstić information content (AvgIpc) is 2.66. The van der Waals surface area contributed by atoms with Crippen LogP contribution in [0.25, 0.3) is 22.3 Å². The van der Waals surface area contributed by atoms with E-state index in [0.29, 0.717) is 22.6 Å². The number of phenolic OH excluding ortho intramolecular Hbond substituents is 1. The fourth-order valence-electron chi connectivity index (χ4n) is 4.64.